The molecule has 3 fully saturated rings. The van der Waals surface area contributed by atoms with E-state index in [4.69, 9.17) is 0 Å². The highest BCUT2D eigenvalue weighted by Gasteiger charge is 2.36. The Labute approximate surface area is 138 Å². The van der Waals surface area contributed by atoms with Gasteiger partial charge in [-0.1, -0.05) is 12.8 Å². The second-order valence-electron chi connectivity index (χ2n) is 7.06. The first-order chi connectivity index (χ1) is 11.2. The molecule has 2 aliphatic heterocycles. The highest BCUT2D eigenvalue weighted by atomic mass is 32.2. The van der Waals surface area contributed by atoms with E-state index < -0.39 is 10.0 Å². The van der Waals surface area contributed by atoms with E-state index in [2.05, 4.69) is 9.88 Å². The van der Waals surface area contributed by atoms with Gasteiger partial charge in [0.2, 0.25) is 10.0 Å². The Bertz CT molecular complexity index is 653. The highest BCUT2D eigenvalue weighted by molar-refractivity contribution is 7.89. The fourth-order valence-electron chi connectivity index (χ4n) is 4.46. The molecule has 3 aliphatic rings. The number of pyridine rings is 1. The normalized spacial score (nSPS) is 29.0. The molecule has 0 N–H and O–H groups in total. The van der Waals surface area contributed by atoms with Crippen molar-refractivity contribution in [3.05, 3.63) is 18.3 Å². The fraction of sp³-hybridized carbons (Fsp3) is 0.706. The average molecular weight is 335 g/mol. The van der Waals surface area contributed by atoms with Crippen LogP contribution in [0.15, 0.2) is 23.2 Å². The van der Waals surface area contributed by atoms with Gasteiger partial charge in [-0.15, -0.1) is 0 Å². The molecule has 3 heterocycles. The monoisotopic (exact) mass is 335 g/mol. The van der Waals surface area contributed by atoms with Crippen molar-refractivity contribution in [2.24, 2.45) is 5.92 Å². The summed E-state index contributed by atoms with van der Waals surface area (Å²) in [6, 6.07) is 4.25. The molecule has 2 saturated heterocycles. The van der Waals surface area contributed by atoms with E-state index in [0.717, 1.165) is 31.1 Å². The standard InChI is InChI=1S/C17H25N3O2S/c21-23(22,19-10-3-4-11-19)15-7-8-17(18-13-15)20-12-9-14-5-1-2-6-16(14)20/h7-8,13-14,16H,1-6,9-12H2. The molecule has 0 aromatic carbocycles. The van der Waals surface area contributed by atoms with Crippen LogP contribution in [0.2, 0.25) is 0 Å². The molecule has 2 atom stereocenters. The third-order valence-corrected chi connectivity index (χ3v) is 7.61. The summed E-state index contributed by atoms with van der Waals surface area (Å²) < 4.78 is 26.7. The molecule has 1 aromatic rings. The van der Waals surface area contributed by atoms with Gasteiger partial charge in [0, 0.05) is 31.9 Å². The van der Waals surface area contributed by atoms with Crippen molar-refractivity contribution >= 4 is 15.8 Å². The molecular formula is C17H25N3O2S. The minimum atomic E-state index is -3.35. The summed E-state index contributed by atoms with van der Waals surface area (Å²) in [7, 11) is -3.35. The minimum Gasteiger partial charge on any atom is -0.353 e. The molecule has 5 nitrogen and oxygen atoms in total. The lowest BCUT2D eigenvalue weighted by Gasteiger charge is -2.32. The van der Waals surface area contributed by atoms with Gasteiger partial charge in [-0.2, -0.15) is 4.31 Å². The van der Waals surface area contributed by atoms with Crippen LogP contribution in [0.3, 0.4) is 0 Å². The Hall–Kier alpha value is -1.14. The molecular weight excluding hydrogens is 310 g/mol. The lowest BCUT2D eigenvalue weighted by Crippen LogP contribution is -2.35. The van der Waals surface area contributed by atoms with Crippen LogP contribution in [-0.2, 0) is 10.0 Å². The molecule has 23 heavy (non-hydrogen) atoms. The Kier molecular flexibility index (Phi) is 4.05. The van der Waals surface area contributed by atoms with Crippen LogP contribution >= 0.6 is 0 Å². The first kappa shape index (κ1) is 15.4. The third kappa shape index (κ3) is 2.76. The van der Waals surface area contributed by atoms with E-state index in [1.54, 1.807) is 16.6 Å². The van der Waals surface area contributed by atoms with E-state index in [0.29, 0.717) is 24.0 Å². The van der Waals surface area contributed by atoms with Crippen LogP contribution in [0, 0.1) is 5.92 Å². The Morgan fingerprint density at radius 1 is 0.957 bits per heavy atom. The van der Waals surface area contributed by atoms with Crippen LogP contribution in [0.4, 0.5) is 5.82 Å². The maximum atomic E-state index is 12.6. The van der Waals surface area contributed by atoms with Gasteiger partial charge in [0.1, 0.15) is 10.7 Å². The third-order valence-electron chi connectivity index (χ3n) is 5.73. The topological polar surface area (TPSA) is 53.5 Å². The molecule has 6 heteroatoms. The number of aromatic nitrogens is 1. The number of hydrogen-bond donors (Lipinski definition) is 0. The number of rotatable bonds is 3. The zero-order valence-corrected chi connectivity index (χ0v) is 14.3. The van der Waals surface area contributed by atoms with Gasteiger partial charge in [-0.25, -0.2) is 13.4 Å². The molecule has 1 aromatic heterocycles. The average Bonchev–Trinajstić information content (AvgIpc) is 3.25. The van der Waals surface area contributed by atoms with Crippen molar-refractivity contribution in [1.82, 2.24) is 9.29 Å². The Morgan fingerprint density at radius 3 is 2.48 bits per heavy atom. The highest BCUT2D eigenvalue weighted by Crippen LogP contribution is 2.38. The van der Waals surface area contributed by atoms with E-state index in [1.807, 2.05) is 6.07 Å². The van der Waals surface area contributed by atoms with Gasteiger partial charge in [-0.3, -0.25) is 0 Å². The van der Waals surface area contributed by atoms with E-state index in [9.17, 15) is 8.42 Å². The summed E-state index contributed by atoms with van der Waals surface area (Å²) in [5.41, 5.74) is 0. The largest absolute Gasteiger partial charge is 0.353 e. The number of sulfonamides is 1. The van der Waals surface area contributed by atoms with Crippen molar-refractivity contribution in [3.63, 3.8) is 0 Å². The predicted molar refractivity (Wildman–Crippen MR) is 89.9 cm³/mol. The second-order valence-corrected chi connectivity index (χ2v) is 9.00. The molecule has 0 spiro atoms. The fourth-order valence-corrected chi connectivity index (χ4v) is 5.93. The lowest BCUT2D eigenvalue weighted by molar-refractivity contribution is 0.341. The van der Waals surface area contributed by atoms with Gasteiger partial charge >= 0.3 is 0 Å². The predicted octanol–water partition coefficient (Wildman–Crippen LogP) is 2.64. The van der Waals surface area contributed by atoms with E-state index in [-0.39, 0.29) is 0 Å². The summed E-state index contributed by atoms with van der Waals surface area (Å²) in [4.78, 5) is 7.24. The quantitative estimate of drug-likeness (QED) is 0.852. The number of fused-ring (bicyclic) bond motifs is 1. The SMILES string of the molecule is O=S(=O)(c1ccc(N2CCC3CCCCC32)nc1)N1CCCC1. The van der Waals surface area contributed by atoms with Gasteiger partial charge in [0.15, 0.2) is 0 Å². The van der Waals surface area contributed by atoms with Crippen molar-refractivity contribution in [2.45, 2.75) is 55.9 Å². The van der Waals surface area contributed by atoms with Crippen molar-refractivity contribution in [1.29, 1.82) is 0 Å². The van der Waals surface area contributed by atoms with Crippen molar-refractivity contribution in [3.8, 4) is 0 Å². The van der Waals surface area contributed by atoms with Gasteiger partial charge in [0.25, 0.3) is 0 Å². The van der Waals surface area contributed by atoms with Crippen LogP contribution in [-0.4, -0.2) is 43.4 Å². The summed E-state index contributed by atoms with van der Waals surface area (Å²) in [6.07, 6.45) is 9.97. The van der Waals surface area contributed by atoms with Crippen LogP contribution in [0.25, 0.3) is 0 Å². The Balaban J connectivity index is 1.54. The van der Waals surface area contributed by atoms with Crippen LogP contribution < -0.4 is 4.90 Å². The molecule has 2 unspecified atom stereocenters. The first-order valence-corrected chi connectivity index (χ1v) is 10.3. The van der Waals surface area contributed by atoms with Crippen LogP contribution in [0.5, 0.6) is 0 Å². The molecule has 4 rings (SSSR count). The summed E-state index contributed by atoms with van der Waals surface area (Å²) in [5.74, 6) is 1.75. The maximum Gasteiger partial charge on any atom is 0.244 e. The molecule has 126 valence electrons. The lowest BCUT2D eigenvalue weighted by atomic mass is 9.85. The zero-order chi connectivity index (χ0) is 15.9. The summed E-state index contributed by atoms with van der Waals surface area (Å²) in [6.45, 7) is 2.33. The summed E-state index contributed by atoms with van der Waals surface area (Å²) in [5, 5.41) is 0. The van der Waals surface area contributed by atoms with Crippen LogP contribution in [0.1, 0.15) is 44.9 Å². The van der Waals surface area contributed by atoms with Gasteiger partial charge in [-0.05, 0) is 50.2 Å². The minimum absolute atomic E-state index is 0.336. The number of anilines is 1. The molecule has 1 saturated carbocycles. The van der Waals surface area contributed by atoms with Gasteiger partial charge < -0.3 is 4.90 Å². The molecule has 1 aliphatic carbocycles. The zero-order valence-electron chi connectivity index (χ0n) is 13.5. The van der Waals surface area contributed by atoms with Crippen molar-refractivity contribution < 1.29 is 8.42 Å². The van der Waals surface area contributed by atoms with Gasteiger partial charge in [0.05, 0.1) is 0 Å². The Morgan fingerprint density at radius 2 is 1.74 bits per heavy atom. The smallest absolute Gasteiger partial charge is 0.244 e. The summed E-state index contributed by atoms with van der Waals surface area (Å²) >= 11 is 0. The number of nitrogens with zero attached hydrogens (tertiary/aromatic N) is 3. The van der Waals surface area contributed by atoms with Crippen molar-refractivity contribution in [2.75, 3.05) is 24.5 Å². The number of hydrogen-bond acceptors (Lipinski definition) is 4. The molecule has 0 amide bonds. The molecule has 0 bridgehead atoms. The van der Waals surface area contributed by atoms with E-state index in [1.165, 1.54) is 32.1 Å². The first-order valence-electron chi connectivity index (χ1n) is 8.89. The van der Waals surface area contributed by atoms with E-state index >= 15 is 0 Å². The molecule has 0 radical (unpaired) electrons. The second kappa shape index (κ2) is 6.06. The maximum absolute atomic E-state index is 12.6.